The van der Waals surface area contributed by atoms with E-state index in [1.807, 2.05) is 49.4 Å². The van der Waals surface area contributed by atoms with Gasteiger partial charge in [0, 0.05) is 11.8 Å². The van der Waals surface area contributed by atoms with Gasteiger partial charge in [-0.15, -0.1) is 0 Å². The molecule has 3 aliphatic carbocycles. The summed E-state index contributed by atoms with van der Waals surface area (Å²) in [6.45, 7) is 2.52. The van der Waals surface area contributed by atoms with Crippen molar-refractivity contribution in [3.05, 3.63) is 89.0 Å². The number of amides is 2. The molecule has 1 aliphatic heterocycles. The summed E-state index contributed by atoms with van der Waals surface area (Å²) in [7, 11) is 0. The molecule has 5 nitrogen and oxygen atoms in total. The highest BCUT2D eigenvalue weighted by Gasteiger charge is 2.62. The largest absolute Gasteiger partial charge is 0.494 e. The van der Waals surface area contributed by atoms with Crippen molar-refractivity contribution in [1.82, 2.24) is 4.98 Å². The van der Waals surface area contributed by atoms with E-state index < -0.39 is 11.8 Å². The molecule has 1 aromatic heterocycles. The molecule has 8 rings (SSSR count). The Bertz CT molecular complexity index is 1360. The maximum atomic E-state index is 13.9. The second-order valence-corrected chi connectivity index (χ2v) is 9.84. The van der Waals surface area contributed by atoms with Crippen molar-refractivity contribution in [2.75, 3.05) is 11.5 Å². The van der Waals surface area contributed by atoms with Crippen LogP contribution < -0.4 is 9.64 Å². The van der Waals surface area contributed by atoms with Gasteiger partial charge in [-0.25, -0.2) is 9.88 Å². The van der Waals surface area contributed by atoms with Crippen LogP contribution in [-0.2, 0) is 9.59 Å². The van der Waals surface area contributed by atoms with Crippen molar-refractivity contribution in [1.29, 1.82) is 0 Å². The van der Waals surface area contributed by atoms with E-state index >= 15 is 0 Å². The molecular weight excluding hydrogens is 432 g/mol. The first-order chi connectivity index (χ1) is 16.2. The lowest BCUT2D eigenvalue weighted by molar-refractivity contribution is -0.122. The van der Waals surface area contributed by atoms with E-state index in [-0.39, 0.29) is 23.7 Å². The first kappa shape index (κ1) is 19.0. The van der Waals surface area contributed by atoms with Crippen LogP contribution in [-0.4, -0.2) is 23.4 Å². The van der Waals surface area contributed by atoms with Crippen molar-refractivity contribution < 1.29 is 14.3 Å². The van der Waals surface area contributed by atoms with E-state index in [0.29, 0.717) is 11.7 Å². The number of fused-ring (bicyclic) bond motifs is 1. The van der Waals surface area contributed by atoms with E-state index in [4.69, 9.17) is 4.74 Å². The van der Waals surface area contributed by atoms with Gasteiger partial charge >= 0.3 is 0 Å². The molecule has 162 valence electrons. The second-order valence-electron chi connectivity index (χ2n) is 8.84. The second kappa shape index (κ2) is 6.75. The summed E-state index contributed by atoms with van der Waals surface area (Å²) in [6.07, 6.45) is 0. The SMILES string of the molecule is CCOc1ccc2nc(N3C(=O)[C@@H]4C5c6ccccc6C(c6ccccc65)[C@H]4C3=O)sc2c1. The Kier molecular flexibility index (Phi) is 3.89. The minimum atomic E-state index is -0.390. The molecule has 2 heterocycles. The molecule has 33 heavy (non-hydrogen) atoms. The lowest BCUT2D eigenvalue weighted by atomic mass is 9.55. The van der Waals surface area contributed by atoms with Gasteiger partial charge in [0.1, 0.15) is 5.75 Å². The molecule has 6 heteroatoms. The monoisotopic (exact) mass is 452 g/mol. The number of rotatable bonds is 3. The van der Waals surface area contributed by atoms with Crippen LogP contribution >= 0.6 is 11.3 Å². The number of hydrogen-bond acceptors (Lipinski definition) is 5. The first-order valence-corrected chi connectivity index (χ1v) is 12.1. The summed E-state index contributed by atoms with van der Waals surface area (Å²) < 4.78 is 6.51. The third-order valence-electron chi connectivity index (χ3n) is 7.30. The molecule has 0 unspecified atom stereocenters. The number of nitrogens with zero attached hydrogens (tertiary/aromatic N) is 2. The molecule has 0 spiro atoms. The van der Waals surface area contributed by atoms with Gasteiger partial charge in [-0.2, -0.15) is 0 Å². The Balaban J connectivity index is 1.37. The van der Waals surface area contributed by atoms with E-state index in [1.54, 1.807) is 0 Å². The average Bonchev–Trinajstić information content (AvgIpc) is 3.37. The average molecular weight is 453 g/mol. The molecule has 1 fully saturated rings. The smallest absolute Gasteiger partial charge is 0.240 e. The fraction of sp³-hybridized carbons (Fsp3) is 0.222. The minimum absolute atomic E-state index is 0.104. The molecule has 4 aromatic rings. The fourth-order valence-corrected chi connectivity index (χ4v) is 7.12. The van der Waals surface area contributed by atoms with Gasteiger partial charge in [0.2, 0.25) is 11.8 Å². The van der Waals surface area contributed by atoms with Gasteiger partial charge < -0.3 is 4.74 Å². The zero-order valence-corrected chi connectivity index (χ0v) is 18.7. The Labute approximate surface area is 194 Å². The molecule has 1 saturated heterocycles. The summed E-state index contributed by atoms with van der Waals surface area (Å²) in [4.78, 5) is 33.7. The molecule has 2 bridgehead atoms. The number of hydrogen-bond donors (Lipinski definition) is 0. The van der Waals surface area contributed by atoms with Gasteiger partial charge in [-0.1, -0.05) is 59.9 Å². The number of imide groups is 1. The molecule has 3 aromatic carbocycles. The maximum absolute atomic E-state index is 13.9. The minimum Gasteiger partial charge on any atom is -0.494 e. The summed E-state index contributed by atoms with van der Waals surface area (Å²) in [6, 6.07) is 22.3. The third kappa shape index (κ3) is 2.44. The highest BCUT2D eigenvalue weighted by atomic mass is 32.1. The summed E-state index contributed by atoms with van der Waals surface area (Å²) in [5.74, 6) is -0.491. The van der Waals surface area contributed by atoms with E-state index in [9.17, 15) is 9.59 Å². The summed E-state index contributed by atoms with van der Waals surface area (Å²) >= 11 is 1.37. The number of aromatic nitrogens is 1. The standard InChI is InChI=1S/C27H20N2O3S/c1-2-32-14-11-12-19-20(13-14)33-27(28-19)29-25(30)23-21-15-7-3-4-8-16(15)22(24(23)26(29)31)18-10-6-5-9-17(18)21/h3-13,21-24H,2H2,1H3/t21?,22?,23-,24-/m1/s1. The maximum Gasteiger partial charge on any atom is 0.240 e. The molecule has 2 atom stereocenters. The first-order valence-electron chi connectivity index (χ1n) is 11.3. The van der Waals surface area contributed by atoms with Crippen molar-refractivity contribution in [3.63, 3.8) is 0 Å². The lowest BCUT2D eigenvalue weighted by Gasteiger charge is -2.45. The number of ether oxygens (including phenoxy) is 1. The van der Waals surface area contributed by atoms with Crippen molar-refractivity contribution in [2.24, 2.45) is 11.8 Å². The quantitative estimate of drug-likeness (QED) is 0.406. The van der Waals surface area contributed by atoms with Crippen LogP contribution in [0.4, 0.5) is 5.13 Å². The van der Waals surface area contributed by atoms with Crippen LogP contribution in [0.15, 0.2) is 66.7 Å². The van der Waals surface area contributed by atoms with Crippen LogP contribution in [0, 0.1) is 11.8 Å². The molecular formula is C27H20N2O3S. The molecule has 0 saturated carbocycles. The molecule has 4 aliphatic rings. The van der Waals surface area contributed by atoms with Crippen LogP contribution in [0.2, 0.25) is 0 Å². The summed E-state index contributed by atoms with van der Waals surface area (Å²) in [5, 5.41) is 0.454. The molecule has 2 amide bonds. The van der Waals surface area contributed by atoms with Gasteiger partial charge in [0.25, 0.3) is 0 Å². The predicted molar refractivity (Wildman–Crippen MR) is 127 cm³/mol. The molecule has 0 radical (unpaired) electrons. The number of carbonyl (C=O) groups is 2. The summed E-state index contributed by atoms with van der Waals surface area (Å²) in [5.41, 5.74) is 5.47. The predicted octanol–water partition coefficient (Wildman–Crippen LogP) is 5.09. The Morgan fingerprint density at radius 2 is 1.39 bits per heavy atom. The van der Waals surface area contributed by atoms with Crippen LogP contribution in [0.5, 0.6) is 5.75 Å². The fourth-order valence-electron chi connectivity index (χ4n) is 6.11. The Morgan fingerprint density at radius 3 is 1.91 bits per heavy atom. The number of anilines is 1. The zero-order chi connectivity index (χ0) is 22.3. The third-order valence-corrected chi connectivity index (χ3v) is 8.30. The van der Waals surface area contributed by atoms with Crippen LogP contribution in [0.1, 0.15) is 41.0 Å². The van der Waals surface area contributed by atoms with Gasteiger partial charge in [0.15, 0.2) is 5.13 Å². The van der Waals surface area contributed by atoms with Crippen molar-refractivity contribution >= 4 is 38.5 Å². The van der Waals surface area contributed by atoms with Crippen LogP contribution in [0.3, 0.4) is 0 Å². The van der Waals surface area contributed by atoms with Crippen LogP contribution in [0.25, 0.3) is 10.2 Å². The Hall–Kier alpha value is -3.51. The van der Waals surface area contributed by atoms with Gasteiger partial charge in [0.05, 0.1) is 28.7 Å². The highest BCUT2D eigenvalue weighted by Crippen LogP contribution is 2.61. The molecule has 0 N–H and O–H groups in total. The van der Waals surface area contributed by atoms with E-state index in [1.165, 1.54) is 38.5 Å². The van der Waals surface area contributed by atoms with E-state index in [2.05, 4.69) is 29.2 Å². The number of benzene rings is 3. The Morgan fingerprint density at radius 1 is 0.848 bits per heavy atom. The van der Waals surface area contributed by atoms with Crippen molar-refractivity contribution in [2.45, 2.75) is 18.8 Å². The topological polar surface area (TPSA) is 59.5 Å². The zero-order valence-electron chi connectivity index (χ0n) is 17.9. The van der Waals surface area contributed by atoms with Gasteiger partial charge in [-0.3, -0.25) is 9.59 Å². The lowest BCUT2D eigenvalue weighted by Crippen LogP contribution is -2.41. The normalized spacial score (nSPS) is 24.7. The van der Waals surface area contributed by atoms with Gasteiger partial charge in [-0.05, 0) is 47.4 Å². The highest BCUT2D eigenvalue weighted by molar-refractivity contribution is 7.22. The van der Waals surface area contributed by atoms with E-state index in [0.717, 1.165) is 16.0 Å². The van der Waals surface area contributed by atoms with Crippen molar-refractivity contribution in [3.8, 4) is 5.75 Å². The number of thiazole rings is 1. The number of carbonyl (C=O) groups excluding carboxylic acids is 2.